The summed E-state index contributed by atoms with van der Waals surface area (Å²) >= 11 is 6.67. The number of rotatable bonds is 7. The van der Waals surface area contributed by atoms with E-state index in [1.807, 2.05) is 34.6 Å². The van der Waals surface area contributed by atoms with Gasteiger partial charge in [-0.15, -0.1) is 6.42 Å². The minimum Gasteiger partial charge on any atom is -0.490 e. The Morgan fingerprint density at radius 2 is 1.61 bits per heavy atom. The molecule has 4 rings (SSSR count). The van der Waals surface area contributed by atoms with Gasteiger partial charge >= 0.3 is 5.97 Å². The molecule has 0 unspecified atom stereocenters. The molecule has 202 valence electrons. The number of allylic oxidation sites excluding steroid dienone is 4. The van der Waals surface area contributed by atoms with Crippen LogP contribution in [0.1, 0.15) is 71.8 Å². The third kappa shape index (κ3) is 5.19. The van der Waals surface area contributed by atoms with Gasteiger partial charge in [-0.05, 0) is 48.3 Å². The zero-order valence-electron chi connectivity index (χ0n) is 22.6. The van der Waals surface area contributed by atoms with Crippen LogP contribution in [0.2, 0.25) is 5.02 Å². The summed E-state index contributed by atoms with van der Waals surface area (Å²) in [6.07, 6.45) is 6.98. The van der Waals surface area contributed by atoms with Crippen molar-refractivity contribution in [3.63, 3.8) is 0 Å². The van der Waals surface area contributed by atoms with Crippen LogP contribution in [0.5, 0.6) is 11.5 Å². The monoisotopic (exact) mass is 539 g/mol. The number of Topliss-reactive ketones (excluding diaryl/α,β-unsaturated/α-hetero) is 2. The Morgan fingerprint density at radius 3 is 2.08 bits per heavy atom. The summed E-state index contributed by atoms with van der Waals surface area (Å²) < 4.78 is 11.5. The summed E-state index contributed by atoms with van der Waals surface area (Å²) in [6.45, 7) is 9.87. The van der Waals surface area contributed by atoms with Crippen molar-refractivity contribution in [1.82, 2.24) is 4.90 Å². The summed E-state index contributed by atoms with van der Waals surface area (Å²) in [7, 11) is 0. The highest BCUT2D eigenvalue weighted by molar-refractivity contribution is 6.32. The van der Waals surface area contributed by atoms with Crippen LogP contribution < -0.4 is 9.47 Å². The predicted octanol–water partition coefficient (Wildman–Crippen LogP) is 5.52. The van der Waals surface area contributed by atoms with Crippen LogP contribution in [-0.4, -0.2) is 47.3 Å². The third-order valence-corrected chi connectivity index (χ3v) is 7.56. The van der Waals surface area contributed by atoms with Crippen molar-refractivity contribution >= 4 is 29.1 Å². The minimum atomic E-state index is -1.02. The number of hydrogen-bond donors (Lipinski definition) is 1. The third-order valence-electron chi connectivity index (χ3n) is 7.28. The number of terminal acetylenes is 1. The second kappa shape index (κ2) is 10.1. The molecule has 0 bridgehead atoms. The molecular formula is C30H34ClNO6. The lowest BCUT2D eigenvalue weighted by molar-refractivity contribution is -0.138. The van der Waals surface area contributed by atoms with E-state index in [-0.39, 0.29) is 40.6 Å². The van der Waals surface area contributed by atoms with Crippen molar-refractivity contribution in [3.05, 3.63) is 45.3 Å². The maximum atomic E-state index is 13.8. The highest BCUT2D eigenvalue weighted by Gasteiger charge is 2.49. The van der Waals surface area contributed by atoms with Crippen LogP contribution in [0.25, 0.3) is 0 Å². The van der Waals surface area contributed by atoms with Crippen LogP contribution in [0, 0.1) is 23.2 Å². The molecule has 3 aliphatic rings. The number of carboxylic acids is 1. The minimum absolute atomic E-state index is 0.00153. The zero-order chi connectivity index (χ0) is 28.0. The molecule has 0 fully saturated rings. The van der Waals surface area contributed by atoms with Gasteiger partial charge < -0.3 is 19.5 Å². The van der Waals surface area contributed by atoms with E-state index in [0.29, 0.717) is 71.9 Å². The number of carbonyl (C=O) groups excluding carboxylic acids is 2. The van der Waals surface area contributed by atoms with E-state index in [9.17, 15) is 19.5 Å². The zero-order valence-corrected chi connectivity index (χ0v) is 23.3. The highest BCUT2D eigenvalue weighted by atomic mass is 35.5. The van der Waals surface area contributed by atoms with Gasteiger partial charge in [-0.2, -0.15) is 0 Å². The Morgan fingerprint density at radius 1 is 1.05 bits per heavy atom. The van der Waals surface area contributed by atoms with Gasteiger partial charge in [0.05, 0.1) is 11.6 Å². The number of halogens is 1. The van der Waals surface area contributed by atoms with E-state index >= 15 is 0 Å². The maximum absolute atomic E-state index is 13.8. The van der Waals surface area contributed by atoms with Gasteiger partial charge in [0, 0.05) is 41.3 Å². The van der Waals surface area contributed by atoms with Crippen LogP contribution in [0.15, 0.2) is 34.7 Å². The van der Waals surface area contributed by atoms with Crippen LogP contribution in [0.4, 0.5) is 0 Å². The molecule has 1 aromatic rings. The second-order valence-corrected chi connectivity index (χ2v) is 12.2. The van der Waals surface area contributed by atoms with Gasteiger partial charge in [0.15, 0.2) is 23.1 Å². The number of ether oxygens (including phenoxy) is 2. The molecule has 1 heterocycles. The molecule has 1 aliphatic heterocycles. The molecule has 0 atom stereocenters. The van der Waals surface area contributed by atoms with E-state index in [4.69, 9.17) is 27.5 Å². The number of aliphatic carboxylic acids is 1. The summed E-state index contributed by atoms with van der Waals surface area (Å²) in [5.41, 5.74) is 2.19. The number of ketones is 2. The fraction of sp³-hybridized carbons (Fsp3) is 0.500. The molecular weight excluding hydrogens is 506 g/mol. The van der Waals surface area contributed by atoms with Crippen molar-refractivity contribution in [2.75, 3.05) is 19.8 Å². The Labute approximate surface area is 228 Å². The molecule has 1 aromatic carbocycles. The van der Waals surface area contributed by atoms with Crippen LogP contribution in [0.3, 0.4) is 0 Å². The van der Waals surface area contributed by atoms with E-state index in [2.05, 4.69) is 5.92 Å². The largest absolute Gasteiger partial charge is 0.490 e. The highest BCUT2D eigenvalue weighted by Crippen LogP contribution is 2.55. The van der Waals surface area contributed by atoms with E-state index in [1.54, 1.807) is 17.0 Å². The topological polar surface area (TPSA) is 93.1 Å². The van der Waals surface area contributed by atoms with Gasteiger partial charge in [-0.1, -0.05) is 45.2 Å². The summed E-state index contributed by atoms with van der Waals surface area (Å²) in [6, 6.07) is 3.46. The summed E-state index contributed by atoms with van der Waals surface area (Å²) in [5, 5.41) is 10.1. The Hall–Kier alpha value is -3.24. The van der Waals surface area contributed by atoms with Gasteiger partial charge in [-0.3, -0.25) is 14.4 Å². The van der Waals surface area contributed by atoms with E-state index < -0.39 is 11.9 Å². The molecule has 0 aromatic heterocycles. The first-order valence-corrected chi connectivity index (χ1v) is 13.2. The number of benzene rings is 1. The van der Waals surface area contributed by atoms with E-state index in [1.165, 1.54) is 0 Å². The lowest BCUT2D eigenvalue weighted by Gasteiger charge is -2.48. The average Bonchev–Trinajstić information content (AvgIpc) is 2.77. The molecule has 0 amide bonds. The Kier molecular flexibility index (Phi) is 7.42. The van der Waals surface area contributed by atoms with Crippen molar-refractivity contribution in [2.45, 2.75) is 66.2 Å². The SMILES string of the molecule is C#CCOc1c(Cl)cc(C2C3=C(CC(C)(C)CC3=O)N(CC(=O)O)C3=C2C(=O)CC(C)(C)C3)cc1OCC. The van der Waals surface area contributed by atoms with Crippen molar-refractivity contribution in [1.29, 1.82) is 0 Å². The molecule has 0 spiro atoms. The molecule has 8 heteroatoms. The van der Waals surface area contributed by atoms with Crippen LogP contribution in [-0.2, 0) is 14.4 Å². The second-order valence-electron chi connectivity index (χ2n) is 11.8. The molecule has 0 saturated heterocycles. The van der Waals surface area contributed by atoms with Crippen LogP contribution >= 0.6 is 11.6 Å². The first-order chi connectivity index (χ1) is 17.8. The Balaban J connectivity index is 2.01. The van der Waals surface area contributed by atoms with Crippen molar-refractivity contribution < 1.29 is 29.0 Å². The van der Waals surface area contributed by atoms with E-state index in [0.717, 1.165) is 0 Å². The lowest BCUT2D eigenvalue weighted by Crippen LogP contribution is -2.45. The van der Waals surface area contributed by atoms with Crippen molar-refractivity contribution in [2.24, 2.45) is 10.8 Å². The number of hydrogen-bond acceptors (Lipinski definition) is 6. The van der Waals surface area contributed by atoms with Crippen molar-refractivity contribution in [3.8, 4) is 23.8 Å². The standard InChI is InChI=1S/C30H34ClNO6/c1-7-9-38-28-18(31)10-17(11-23(28)37-8-2)25-26-19(12-29(3,4)14-21(26)33)32(16-24(35)36)20-13-30(5,6)15-22(34)27(20)25/h1,10-11,25H,8-9,12-16H2,2-6H3,(H,35,36). The molecule has 7 nitrogen and oxygen atoms in total. The summed E-state index contributed by atoms with van der Waals surface area (Å²) in [4.78, 5) is 41.3. The number of carboxylic acid groups (broad SMARTS) is 1. The number of carbonyl (C=O) groups is 3. The first kappa shape index (κ1) is 27.8. The molecule has 1 N–H and O–H groups in total. The fourth-order valence-electron chi connectivity index (χ4n) is 5.98. The lowest BCUT2D eigenvalue weighted by atomic mass is 9.63. The number of nitrogens with zero attached hydrogens (tertiary/aromatic N) is 1. The first-order valence-electron chi connectivity index (χ1n) is 12.8. The van der Waals surface area contributed by atoms with Gasteiger partial charge in [0.2, 0.25) is 0 Å². The summed E-state index contributed by atoms with van der Waals surface area (Å²) in [5.74, 6) is 1.19. The molecule has 2 aliphatic carbocycles. The maximum Gasteiger partial charge on any atom is 0.323 e. The molecule has 38 heavy (non-hydrogen) atoms. The fourth-order valence-corrected chi connectivity index (χ4v) is 6.25. The predicted molar refractivity (Wildman–Crippen MR) is 144 cm³/mol. The average molecular weight is 540 g/mol. The quantitative estimate of drug-likeness (QED) is 0.456. The van der Waals surface area contributed by atoms with Gasteiger partial charge in [0.25, 0.3) is 0 Å². The molecule has 0 radical (unpaired) electrons. The Bertz CT molecular complexity index is 1260. The molecule has 0 saturated carbocycles. The van der Waals surface area contributed by atoms with Gasteiger partial charge in [-0.25, -0.2) is 0 Å². The van der Waals surface area contributed by atoms with Gasteiger partial charge in [0.1, 0.15) is 13.2 Å². The smallest absolute Gasteiger partial charge is 0.323 e. The normalized spacial score (nSPS) is 20.6.